The van der Waals surface area contributed by atoms with Gasteiger partial charge in [0.1, 0.15) is 0 Å². The van der Waals surface area contributed by atoms with Crippen LogP contribution in [0.3, 0.4) is 0 Å². The molecule has 1 aliphatic rings. The molecule has 1 atom stereocenters. The number of aromatic nitrogens is 5. The highest BCUT2D eigenvalue weighted by atomic mass is 19.3. The Bertz CT molecular complexity index is 1300. The maximum Gasteiger partial charge on any atom is 0.387 e. The number of halogens is 2. The molecule has 2 aromatic carbocycles. The quantitative estimate of drug-likeness (QED) is 0.384. The number of pyridine rings is 1. The van der Waals surface area contributed by atoms with E-state index < -0.39 is 12.9 Å². The predicted octanol–water partition coefficient (Wildman–Crippen LogP) is 4.36. The molecule has 4 aromatic rings. The summed E-state index contributed by atoms with van der Waals surface area (Å²) in [5.74, 6) is -0.119. The molecule has 0 aliphatic carbocycles. The molecule has 0 radical (unpaired) electrons. The van der Waals surface area contributed by atoms with Crippen molar-refractivity contribution in [2.75, 3.05) is 11.5 Å². The largest absolute Gasteiger partial charge is 0.461 e. The van der Waals surface area contributed by atoms with Crippen molar-refractivity contribution in [2.45, 2.75) is 25.7 Å². The molecule has 184 valence electrons. The summed E-state index contributed by atoms with van der Waals surface area (Å²) in [6.07, 6.45) is 3.80. The molecular formula is C24H20F2N6O4. The Hall–Kier alpha value is -4.45. The van der Waals surface area contributed by atoms with Crippen LogP contribution in [-0.4, -0.2) is 51.0 Å². The van der Waals surface area contributed by atoms with Crippen LogP contribution in [0, 0.1) is 0 Å². The lowest BCUT2D eigenvalue weighted by molar-refractivity contribution is -0.0632. The topological polar surface area (TPSA) is 115 Å². The molecule has 0 spiro atoms. The van der Waals surface area contributed by atoms with Gasteiger partial charge in [0.25, 0.3) is 5.91 Å². The maximum absolute atomic E-state index is 13.6. The number of benzene rings is 2. The minimum atomic E-state index is -3.05. The second-order valence-electron chi connectivity index (χ2n) is 7.73. The van der Waals surface area contributed by atoms with Crippen molar-refractivity contribution in [2.24, 2.45) is 0 Å². The fraction of sp³-hybridized carbons (Fsp3) is 0.208. The number of carbonyl (C=O) groups is 1. The average Bonchev–Trinajstić information content (AvgIpc) is 3.61. The van der Waals surface area contributed by atoms with Gasteiger partial charge in [-0.2, -0.15) is 14.0 Å². The minimum absolute atomic E-state index is 0.0344. The number of alkyl halides is 2. The molecule has 1 aliphatic heterocycles. The molecule has 3 heterocycles. The maximum atomic E-state index is 13.6. The molecule has 5 rings (SSSR count). The summed E-state index contributed by atoms with van der Waals surface area (Å²) >= 11 is 0. The summed E-state index contributed by atoms with van der Waals surface area (Å²) < 4.78 is 42.1. The highest BCUT2D eigenvalue weighted by Gasteiger charge is 2.25. The molecule has 0 bridgehead atoms. The summed E-state index contributed by atoms with van der Waals surface area (Å²) in [7, 11) is 0. The Morgan fingerprint density at radius 1 is 1.11 bits per heavy atom. The average molecular weight is 494 g/mol. The number of hydrogen-bond acceptors (Lipinski definition) is 8. The van der Waals surface area contributed by atoms with Crippen LogP contribution in [0.4, 0.5) is 20.2 Å². The van der Waals surface area contributed by atoms with Gasteiger partial charge >= 0.3 is 6.61 Å². The van der Waals surface area contributed by atoms with Gasteiger partial charge in [-0.1, -0.05) is 0 Å². The van der Waals surface area contributed by atoms with Crippen LogP contribution in [0.5, 0.6) is 11.5 Å². The van der Waals surface area contributed by atoms with E-state index in [0.29, 0.717) is 41.4 Å². The number of aromatic amines is 1. The normalized spacial score (nSPS) is 15.1. The molecular weight excluding hydrogens is 474 g/mol. The van der Waals surface area contributed by atoms with Crippen LogP contribution in [0.15, 0.2) is 67.0 Å². The molecule has 2 aromatic heterocycles. The van der Waals surface area contributed by atoms with E-state index in [1.165, 1.54) is 29.3 Å². The summed E-state index contributed by atoms with van der Waals surface area (Å²) in [6, 6.07) is 14.5. The first kappa shape index (κ1) is 23.3. The van der Waals surface area contributed by atoms with Gasteiger partial charge in [0, 0.05) is 36.1 Å². The second kappa shape index (κ2) is 10.4. The van der Waals surface area contributed by atoms with E-state index in [1.54, 1.807) is 42.6 Å². The third-order valence-electron chi connectivity index (χ3n) is 5.39. The van der Waals surface area contributed by atoms with E-state index in [-0.39, 0.29) is 17.4 Å². The lowest BCUT2D eigenvalue weighted by atomic mass is 10.1. The zero-order chi connectivity index (χ0) is 24.9. The monoisotopic (exact) mass is 494 g/mol. The van der Waals surface area contributed by atoms with Gasteiger partial charge in [-0.15, -0.1) is 10.2 Å². The van der Waals surface area contributed by atoms with Gasteiger partial charge in [0.05, 0.1) is 17.9 Å². The number of nitrogens with one attached hydrogen (secondary N) is 1. The van der Waals surface area contributed by atoms with E-state index in [9.17, 15) is 13.6 Å². The molecule has 10 nitrogen and oxygen atoms in total. The number of tetrazole rings is 1. The smallest absolute Gasteiger partial charge is 0.387 e. The van der Waals surface area contributed by atoms with Crippen molar-refractivity contribution in [1.82, 2.24) is 25.6 Å². The zero-order valence-corrected chi connectivity index (χ0v) is 18.8. The van der Waals surface area contributed by atoms with Gasteiger partial charge in [-0.25, -0.2) is 0 Å². The van der Waals surface area contributed by atoms with Crippen molar-refractivity contribution in [3.05, 3.63) is 72.6 Å². The second-order valence-corrected chi connectivity index (χ2v) is 7.73. The van der Waals surface area contributed by atoms with Crippen LogP contribution in [-0.2, 0) is 4.74 Å². The fourth-order valence-electron chi connectivity index (χ4n) is 3.75. The first-order valence-corrected chi connectivity index (χ1v) is 11.0. The van der Waals surface area contributed by atoms with Gasteiger partial charge in [0.15, 0.2) is 17.8 Å². The van der Waals surface area contributed by atoms with Gasteiger partial charge in [0.2, 0.25) is 5.82 Å². The van der Waals surface area contributed by atoms with Crippen molar-refractivity contribution in [1.29, 1.82) is 0 Å². The first-order chi connectivity index (χ1) is 17.6. The van der Waals surface area contributed by atoms with E-state index in [4.69, 9.17) is 9.47 Å². The number of anilines is 2. The van der Waals surface area contributed by atoms with Crippen molar-refractivity contribution < 1.29 is 27.8 Å². The standard InChI is InChI=1S/C24H20F2N6O4/c25-24(26)36-19-10-9-18(13-20(19)35-21-4-2-12-34-21)32(23(33)16-3-1-11-27-14-16)17-7-5-15(6-8-17)22-28-30-31-29-22/h1,3,5-11,13-14,21,24H,2,4,12H2,(H,28,29,30,31). The lowest BCUT2D eigenvalue weighted by Gasteiger charge is -2.25. The van der Waals surface area contributed by atoms with Gasteiger partial charge in [-0.05, 0) is 60.2 Å². The Balaban J connectivity index is 1.55. The molecule has 12 heteroatoms. The summed E-state index contributed by atoms with van der Waals surface area (Å²) in [5.41, 5.74) is 1.88. The lowest BCUT2D eigenvalue weighted by Crippen LogP contribution is -2.26. The van der Waals surface area contributed by atoms with Crippen molar-refractivity contribution in [3.8, 4) is 22.9 Å². The van der Waals surface area contributed by atoms with Gasteiger partial charge < -0.3 is 14.2 Å². The van der Waals surface area contributed by atoms with Gasteiger partial charge in [-0.3, -0.25) is 14.7 Å². The van der Waals surface area contributed by atoms with E-state index in [0.717, 1.165) is 6.42 Å². The Kier molecular flexibility index (Phi) is 6.76. The number of nitrogens with zero attached hydrogens (tertiary/aromatic N) is 5. The van der Waals surface area contributed by atoms with Crippen LogP contribution >= 0.6 is 0 Å². The number of ether oxygens (including phenoxy) is 3. The number of rotatable bonds is 8. The van der Waals surface area contributed by atoms with E-state index in [2.05, 4.69) is 30.3 Å². The summed E-state index contributed by atoms with van der Waals surface area (Å²) in [5, 5.41) is 13.9. The number of H-pyrrole nitrogens is 1. The highest BCUT2D eigenvalue weighted by molar-refractivity contribution is 6.11. The summed E-state index contributed by atoms with van der Waals surface area (Å²) in [4.78, 5) is 19.1. The highest BCUT2D eigenvalue weighted by Crippen LogP contribution is 2.38. The Morgan fingerprint density at radius 2 is 1.94 bits per heavy atom. The van der Waals surface area contributed by atoms with Crippen molar-refractivity contribution >= 4 is 17.3 Å². The van der Waals surface area contributed by atoms with Crippen LogP contribution in [0.2, 0.25) is 0 Å². The molecule has 0 saturated carbocycles. The molecule has 1 fully saturated rings. The van der Waals surface area contributed by atoms with E-state index >= 15 is 0 Å². The molecule has 1 saturated heterocycles. The van der Waals surface area contributed by atoms with E-state index in [1.807, 2.05) is 0 Å². The molecule has 1 amide bonds. The van der Waals surface area contributed by atoms with Crippen LogP contribution in [0.25, 0.3) is 11.4 Å². The molecule has 1 N–H and O–H groups in total. The Morgan fingerprint density at radius 3 is 2.61 bits per heavy atom. The SMILES string of the molecule is O=C(c1cccnc1)N(c1ccc(-c2nn[nH]n2)cc1)c1ccc(OC(F)F)c(OC2CCCO2)c1. The molecule has 36 heavy (non-hydrogen) atoms. The minimum Gasteiger partial charge on any atom is -0.461 e. The first-order valence-electron chi connectivity index (χ1n) is 11.0. The zero-order valence-electron chi connectivity index (χ0n) is 18.8. The van der Waals surface area contributed by atoms with Crippen molar-refractivity contribution in [3.63, 3.8) is 0 Å². The van der Waals surface area contributed by atoms with Crippen LogP contribution in [0.1, 0.15) is 23.2 Å². The summed E-state index contributed by atoms with van der Waals surface area (Å²) in [6.45, 7) is -2.54. The number of carbonyl (C=O) groups excluding carboxylic acids is 1. The predicted molar refractivity (Wildman–Crippen MR) is 123 cm³/mol. The third kappa shape index (κ3) is 5.13. The number of hydrogen-bond donors (Lipinski definition) is 1. The third-order valence-corrected chi connectivity index (χ3v) is 5.39. The fourth-order valence-corrected chi connectivity index (χ4v) is 3.75. The molecule has 1 unspecified atom stereocenters. The Labute approximate surface area is 203 Å². The van der Waals surface area contributed by atoms with Crippen LogP contribution < -0.4 is 14.4 Å². The number of amides is 1.